The molecule has 0 atom stereocenters. The fourth-order valence-corrected chi connectivity index (χ4v) is 7.81. The third-order valence-corrected chi connectivity index (χ3v) is 9.98. The van der Waals surface area contributed by atoms with Crippen molar-refractivity contribution in [2.75, 3.05) is 0 Å². The maximum atomic E-state index is 6.17. The Morgan fingerprint density at radius 1 is 0.469 bits per heavy atom. The van der Waals surface area contributed by atoms with E-state index in [1.807, 2.05) is 12.3 Å². The van der Waals surface area contributed by atoms with Gasteiger partial charge in [0.15, 0.2) is 5.82 Å². The number of fused-ring (bicyclic) bond motifs is 11. The van der Waals surface area contributed by atoms with Crippen molar-refractivity contribution < 1.29 is 4.42 Å². The van der Waals surface area contributed by atoms with Crippen LogP contribution in [-0.4, -0.2) is 19.1 Å². The van der Waals surface area contributed by atoms with Crippen molar-refractivity contribution in [1.29, 1.82) is 0 Å². The van der Waals surface area contributed by atoms with Crippen LogP contribution in [0.3, 0.4) is 0 Å². The second-order valence-electron chi connectivity index (χ2n) is 12.6. The highest BCUT2D eigenvalue weighted by molar-refractivity contribution is 6.17. The molecule has 0 unspecified atom stereocenters. The van der Waals surface area contributed by atoms with E-state index in [0.717, 1.165) is 49.8 Å². The number of aromatic nitrogens is 4. The van der Waals surface area contributed by atoms with Gasteiger partial charge in [0.1, 0.15) is 11.1 Å². The topological polar surface area (TPSA) is 48.8 Å². The first-order chi connectivity index (χ1) is 24.3. The molecule has 7 aromatic carbocycles. The van der Waals surface area contributed by atoms with Crippen molar-refractivity contribution in [2.45, 2.75) is 0 Å². The van der Waals surface area contributed by atoms with Crippen LogP contribution >= 0.6 is 0 Å². The van der Waals surface area contributed by atoms with Gasteiger partial charge in [0, 0.05) is 27.2 Å². The van der Waals surface area contributed by atoms with E-state index in [9.17, 15) is 0 Å². The van der Waals surface area contributed by atoms with Crippen LogP contribution in [-0.2, 0) is 0 Å². The molecule has 0 saturated carbocycles. The van der Waals surface area contributed by atoms with Gasteiger partial charge < -0.3 is 8.98 Å². The summed E-state index contributed by atoms with van der Waals surface area (Å²) in [7, 11) is 0. The van der Waals surface area contributed by atoms with E-state index in [1.165, 1.54) is 43.7 Å². The highest BCUT2D eigenvalue weighted by Gasteiger charge is 2.19. The Morgan fingerprint density at radius 3 is 1.80 bits per heavy atom. The minimum atomic E-state index is 0.544. The van der Waals surface area contributed by atoms with Crippen LogP contribution in [0.25, 0.3) is 99.2 Å². The van der Waals surface area contributed by atoms with Crippen molar-refractivity contribution >= 4 is 76.6 Å². The Kier molecular flexibility index (Phi) is 5.32. The van der Waals surface area contributed by atoms with Gasteiger partial charge in [0.25, 0.3) is 0 Å². The molecule has 228 valence electrons. The molecule has 0 aliphatic heterocycles. The first kappa shape index (κ1) is 26.4. The molecule has 0 aliphatic carbocycles. The lowest BCUT2D eigenvalue weighted by Gasteiger charge is -2.09. The summed E-state index contributed by atoms with van der Waals surface area (Å²) in [6.45, 7) is 0. The van der Waals surface area contributed by atoms with Gasteiger partial charge in [0.05, 0.1) is 33.6 Å². The largest absolute Gasteiger partial charge is 0.436 e. The van der Waals surface area contributed by atoms with Crippen LogP contribution in [0, 0.1) is 0 Å². The molecule has 49 heavy (non-hydrogen) atoms. The number of benzene rings is 7. The summed E-state index contributed by atoms with van der Waals surface area (Å²) in [5.41, 5.74) is 10.2. The molecule has 5 nitrogen and oxygen atoms in total. The summed E-state index contributed by atoms with van der Waals surface area (Å²) in [5.74, 6) is 0.761. The summed E-state index contributed by atoms with van der Waals surface area (Å²) in [6, 6.07) is 53.9. The zero-order valence-electron chi connectivity index (χ0n) is 26.2. The molecule has 0 saturated heterocycles. The Labute approximate surface area is 279 Å². The van der Waals surface area contributed by atoms with Crippen LogP contribution in [0.1, 0.15) is 0 Å². The summed E-state index contributed by atoms with van der Waals surface area (Å²) in [6.07, 6.45) is 1.82. The van der Waals surface area contributed by atoms with Crippen molar-refractivity contribution in [3.05, 3.63) is 158 Å². The highest BCUT2D eigenvalue weighted by Crippen LogP contribution is 2.39. The maximum absolute atomic E-state index is 6.17. The molecule has 0 aliphatic rings. The van der Waals surface area contributed by atoms with Gasteiger partial charge in [-0.15, -0.1) is 0 Å². The number of furan rings is 1. The average Bonchev–Trinajstić information content (AvgIpc) is 3.82. The molecule has 0 radical (unpaired) electrons. The number of nitrogens with zero attached hydrogens (tertiary/aromatic N) is 4. The lowest BCUT2D eigenvalue weighted by Crippen LogP contribution is -1.98. The molecule has 5 heteroatoms. The molecule has 4 heterocycles. The quantitative estimate of drug-likeness (QED) is 0.196. The summed E-state index contributed by atoms with van der Waals surface area (Å²) < 4.78 is 10.8. The minimum Gasteiger partial charge on any atom is -0.436 e. The van der Waals surface area contributed by atoms with Gasteiger partial charge in [-0.3, -0.25) is 4.57 Å². The fourth-order valence-electron chi connectivity index (χ4n) is 7.81. The summed E-state index contributed by atoms with van der Waals surface area (Å²) in [5, 5.41) is 8.08. The first-order valence-electron chi connectivity index (χ1n) is 16.5. The molecular formula is C44H26N4O. The number of para-hydroxylation sites is 3. The predicted octanol–water partition coefficient (Wildman–Crippen LogP) is 11.4. The first-order valence-corrected chi connectivity index (χ1v) is 16.5. The zero-order valence-corrected chi connectivity index (χ0v) is 26.2. The standard InChI is InChI=1S/C44H26N4O/c1-2-11-30(12-3-1)47-36-16-8-6-14-32(36)34-24-28(18-21-38(34)47)29-19-22-39-35(25-29)33-15-7-9-17-37(33)48(39)41-26-45-44-43(46-41)42-31-13-5-4-10-27(31)20-23-40(42)49-44/h1-26H. The number of hydrogen-bond donors (Lipinski definition) is 0. The van der Waals surface area contributed by atoms with Gasteiger partial charge >= 0.3 is 0 Å². The van der Waals surface area contributed by atoms with Gasteiger partial charge in [-0.2, -0.15) is 0 Å². The minimum absolute atomic E-state index is 0.544. The van der Waals surface area contributed by atoms with Crippen molar-refractivity contribution in [2.24, 2.45) is 0 Å². The fraction of sp³-hybridized carbons (Fsp3) is 0. The maximum Gasteiger partial charge on any atom is 0.246 e. The molecule has 11 rings (SSSR count). The number of rotatable bonds is 3. The lowest BCUT2D eigenvalue weighted by molar-refractivity contribution is 0.652. The lowest BCUT2D eigenvalue weighted by atomic mass is 10.0. The van der Waals surface area contributed by atoms with Crippen molar-refractivity contribution in [1.82, 2.24) is 19.1 Å². The monoisotopic (exact) mass is 626 g/mol. The van der Waals surface area contributed by atoms with Gasteiger partial charge in [-0.25, -0.2) is 9.97 Å². The molecule has 0 spiro atoms. The van der Waals surface area contributed by atoms with Gasteiger partial charge in [-0.1, -0.05) is 97.1 Å². The van der Waals surface area contributed by atoms with E-state index in [4.69, 9.17) is 14.4 Å². The van der Waals surface area contributed by atoms with E-state index in [2.05, 4.69) is 155 Å². The summed E-state index contributed by atoms with van der Waals surface area (Å²) >= 11 is 0. The van der Waals surface area contributed by atoms with E-state index in [0.29, 0.717) is 5.71 Å². The second-order valence-corrected chi connectivity index (χ2v) is 12.6. The van der Waals surface area contributed by atoms with Gasteiger partial charge in [-0.05, 0) is 76.5 Å². The van der Waals surface area contributed by atoms with Crippen LogP contribution in [0.4, 0.5) is 0 Å². The Balaban J connectivity index is 1.11. The van der Waals surface area contributed by atoms with Crippen LogP contribution in [0.2, 0.25) is 0 Å². The van der Waals surface area contributed by atoms with Crippen LogP contribution in [0.15, 0.2) is 162 Å². The molecule has 0 fully saturated rings. The van der Waals surface area contributed by atoms with Crippen LogP contribution in [0.5, 0.6) is 0 Å². The van der Waals surface area contributed by atoms with Crippen molar-refractivity contribution in [3.63, 3.8) is 0 Å². The molecule has 11 aromatic rings. The molecule has 0 bridgehead atoms. The smallest absolute Gasteiger partial charge is 0.246 e. The molecule has 0 N–H and O–H groups in total. The highest BCUT2D eigenvalue weighted by atomic mass is 16.3. The van der Waals surface area contributed by atoms with Crippen LogP contribution < -0.4 is 0 Å². The number of hydrogen-bond acceptors (Lipinski definition) is 3. The third-order valence-electron chi connectivity index (χ3n) is 9.98. The van der Waals surface area contributed by atoms with E-state index in [-0.39, 0.29) is 0 Å². The van der Waals surface area contributed by atoms with E-state index < -0.39 is 0 Å². The molecule has 4 aromatic heterocycles. The Hall–Kier alpha value is -6.72. The van der Waals surface area contributed by atoms with Gasteiger partial charge in [0.2, 0.25) is 5.71 Å². The molecule has 0 amide bonds. The Morgan fingerprint density at radius 2 is 1.06 bits per heavy atom. The normalized spacial score (nSPS) is 12.1. The third kappa shape index (κ3) is 3.75. The average molecular weight is 627 g/mol. The zero-order chi connectivity index (χ0) is 32.1. The SMILES string of the molecule is c1ccc(-n2c3ccccc3c3cc(-c4ccc5c(c4)c4ccccc4n5-c4cnc5oc6ccc7ccccc7c6c5n4)ccc32)cc1. The summed E-state index contributed by atoms with van der Waals surface area (Å²) in [4.78, 5) is 10.0. The molecular weight excluding hydrogens is 601 g/mol. The van der Waals surface area contributed by atoms with E-state index >= 15 is 0 Å². The van der Waals surface area contributed by atoms with E-state index in [1.54, 1.807) is 0 Å². The predicted molar refractivity (Wildman–Crippen MR) is 201 cm³/mol. The Bertz CT molecular complexity index is 3110. The second kappa shape index (κ2) is 9.89. The van der Waals surface area contributed by atoms with Crippen molar-refractivity contribution in [3.8, 4) is 22.6 Å².